The third-order valence-electron chi connectivity index (χ3n) is 4.99. The predicted molar refractivity (Wildman–Crippen MR) is 111 cm³/mol. The van der Waals surface area contributed by atoms with Gasteiger partial charge < -0.3 is 15.2 Å². The molecule has 1 aliphatic heterocycles. The Hall–Kier alpha value is -2.83. The van der Waals surface area contributed by atoms with Crippen molar-refractivity contribution in [2.45, 2.75) is 30.1 Å². The van der Waals surface area contributed by atoms with E-state index in [0.29, 0.717) is 0 Å². The number of ether oxygens (including phenoxy) is 1. The minimum atomic E-state index is -4.85. The summed E-state index contributed by atoms with van der Waals surface area (Å²) >= 11 is 5.98. The molecule has 2 atom stereocenters. The van der Waals surface area contributed by atoms with Gasteiger partial charge in [-0.15, -0.1) is 13.2 Å². The average Bonchev–Trinajstić information content (AvgIpc) is 2.73. The Labute approximate surface area is 192 Å². The molecule has 8 nitrogen and oxygen atoms in total. The van der Waals surface area contributed by atoms with E-state index in [1.54, 1.807) is 0 Å². The van der Waals surface area contributed by atoms with E-state index in [1.165, 1.54) is 36.4 Å². The molecule has 3 rings (SSSR count). The quantitative estimate of drug-likeness (QED) is 0.617. The van der Waals surface area contributed by atoms with Crippen LogP contribution in [0.25, 0.3) is 0 Å². The summed E-state index contributed by atoms with van der Waals surface area (Å²) in [6, 6.07) is 8.56. The molecular weight excluding hydrogens is 489 g/mol. The SMILES string of the molecule is O=C(Nc1ccc(OC(F)(F)F)cc1)[C@H]1CCN(S(=O)(=O)c2ccccc2Cl)[C@H](C(=O)O)C1. The lowest BCUT2D eigenvalue weighted by molar-refractivity contribution is -0.274. The summed E-state index contributed by atoms with van der Waals surface area (Å²) in [6.07, 6.45) is -5.11. The van der Waals surface area contributed by atoms with Crippen molar-refractivity contribution in [3.63, 3.8) is 0 Å². The number of benzene rings is 2. The van der Waals surface area contributed by atoms with Crippen LogP contribution < -0.4 is 10.1 Å². The third kappa shape index (κ3) is 5.95. The Morgan fingerprint density at radius 1 is 1.12 bits per heavy atom. The molecule has 2 N–H and O–H groups in total. The largest absolute Gasteiger partial charge is 0.573 e. The first-order valence-corrected chi connectivity index (χ1v) is 11.4. The second kappa shape index (κ2) is 9.57. The third-order valence-corrected chi connectivity index (χ3v) is 7.40. The van der Waals surface area contributed by atoms with Gasteiger partial charge in [-0.2, -0.15) is 4.31 Å². The number of sulfonamides is 1. The molecule has 1 fully saturated rings. The highest BCUT2D eigenvalue weighted by Gasteiger charge is 2.43. The van der Waals surface area contributed by atoms with E-state index >= 15 is 0 Å². The lowest BCUT2D eigenvalue weighted by atomic mass is 9.91. The predicted octanol–water partition coefficient (Wildman–Crippen LogP) is 3.73. The summed E-state index contributed by atoms with van der Waals surface area (Å²) in [5.74, 6) is -3.31. The van der Waals surface area contributed by atoms with E-state index in [0.717, 1.165) is 16.4 Å². The smallest absolute Gasteiger partial charge is 0.480 e. The van der Waals surface area contributed by atoms with Crippen molar-refractivity contribution in [2.24, 2.45) is 5.92 Å². The number of hydrogen-bond acceptors (Lipinski definition) is 5. The number of nitrogens with one attached hydrogen (secondary N) is 1. The molecule has 2 aromatic rings. The number of nitrogens with zero attached hydrogens (tertiary/aromatic N) is 1. The summed E-state index contributed by atoms with van der Waals surface area (Å²) in [7, 11) is -4.23. The van der Waals surface area contributed by atoms with Gasteiger partial charge in [0.05, 0.1) is 5.02 Å². The topological polar surface area (TPSA) is 113 Å². The molecular formula is C20H18ClF3N2O6S. The molecule has 0 aliphatic carbocycles. The van der Waals surface area contributed by atoms with Gasteiger partial charge in [0.2, 0.25) is 15.9 Å². The Morgan fingerprint density at radius 3 is 2.33 bits per heavy atom. The van der Waals surface area contributed by atoms with Crippen molar-refractivity contribution in [1.29, 1.82) is 0 Å². The molecule has 2 aromatic carbocycles. The highest BCUT2D eigenvalue weighted by molar-refractivity contribution is 7.89. The number of rotatable bonds is 6. The number of alkyl halides is 3. The zero-order valence-electron chi connectivity index (χ0n) is 16.8. The maximum Gasteiger partial charge on any atom is 0.573 e. The summed E-state index contributed by atoms with van der Waals surface area (Å²) in [4.78, 5) is 24.2. The average molecular weight is 507 g/mol. The van der Waals surface area contributed by atoms with Gasteiger partial charge in [0, 0.05) is 18.2 Å². The number of carboxylic acids is 1. The van der Waals surface area contributed by atoms with Gasteiger partial charge in [0.15, 0.2) is 0 Å². The molecule has 178 valence electrons. The lowest BCUT2D eigenvalue weighted by Gasteiger charge is -2.35. The van der Waals surface area contributed by atoms with Gasteiger partial charge in [-0.25, -0.2) is 8.42 Å². The molecule has 1 saturated heterocycles. The van der Waals surface area contributed by atoms with E-state index in [1.807, 2.05) is 0 Å². The molecule has 33 heavy (non-hydrogen) atoms. The van der Waals surface area contributed by atoms with Crippen molar-refractivity contribution in [3.05, 3.63) is 53.6 Å². The van der Waals surface area contributed by atoms with Crippen molar-refractivity contribution >= 4 is 39.2 Å². The van der Waals surface area contributed by atoms with Crippen LogP contribution in [0.5, 0.6) is 5.75 Å². The first-order chi connectivity index (χ1) is 15.4. The van der Waals surface area contributed by atoms with Crippen LogP contribution in [0, 0.1) is 5.92 Å². The van der Waals surface area contributed by atoms with Gasteiger partial charge >= 0.3 is 12.3 Å². The molecule has 0 bridgehead atoms. The Bertz CT molecular complexity index is 1140. The highest BCUT2D eigenvalue weighted by atomic mass is 35.5. The summed E-state index contributed by atoms with van der Waals surface area (Å²) < 4.78 is 67.3. The van der Waals surface area contributed by atoms with E-state index < -0.39 is 46.0 Å². The molecule has 1 heterocycles. The first-order valence-electron chi connectivity index (χ1n) is 9.54. The monoisotopic (exact) mass is 506 g/mol. The number of halogens is 4. The van der Waals surface area contributed by atoms with Crippen molar-refractivity contribution in [1.82, 2.24) is 4.31 Å². The van der Waals surface area contributed by atoms with E-state index in [9.17, 15) is 36.3 Å². The lowest BCUT2D eigenvalue weighted by Crippen LogP contribution is -2.51. The number of carbonyl (C=O) groups excluding carboxylic acids is 1. The maximum atomic E-state index is 13.0. The Morgan fingerprint density at radius 2 is 1.76 bits per heavy atom. The molecule has 0 saturated carbocycles. The Kier molecular flexibility index (Phi) is 7.20. The van der Waals surface area contributed by atoms with Crippen LogP contribution in [0.3, 0.4) is 0 Å². The zero-order valence-corrected chi connectivity index (χ0v) is 18.3. The number of anilines is 1. The van der Waals surface area contributed by atoms with Gasteiger partial charge in [-0.3, -0.25) is 9.59 Å². The summed E-state index contributed by atoms with van der Waals surface area (Å²) in [5.41, 5.74) is 0.174. The van der Waals surface area contributed by atoms with E-state index in [4.69, 9.17) is 11.6 Å². The molecule has 1 amide bonds. The molecule has 13 heteroatoms. The standard InChI is InChI=1S/C20H18ClF3N2O6S/c21-15-3-1-2-4-17(15)33(30,31)26-10-9-12(11-16(26)19(28)29)18(27)25-13-5-7-14(8-6-13)32-20(22,23)24/h1-8,12,16H,9-11H2,(H,25,27)(H,28,29)/t12-,16-/m0/s1. The van der Waals surface area contributed by atoms with Crippen molar-refractivity contribution in [3.8, 4) is 5.75 Å². The molecule has 0 aromatic heterocycles. The van der Waals surface area contributed by atoms with E-state index in [-0.39, 0.29) is 35.0 Å². The van der Waals surface area contributed by atoms with Crippen LogP contribution in [-0.4, -0.2) is 48.7 Å². The fourth-order valence-electron chi connectivity index (χ4n) is 3.46. The fourth-order valence-corrected chi connectivity index (χ4v) is 5.56. The van der Waals surface area contributed by atoms with Crippen LogP contribution >= 0.6 is 11.6 Å². The molecule has 0 unspecified atom stereocenters. The number of piperidine rings is 1. The molecule has 0 radical (unpaired) electrons. The van der Waals surface area contributed by atoms with Crippen LogP contribution in [0.2, 0.25) is 5.02 Å². The summed E-state index contributed by atoms with van der Waals surface area (Å²) in [6.45, 7) is -0.235. The van der Waals surface area contributed by atoms with Gasteiger partial charge in [-0.1, -0.05) is 23.7 Å². The van der Waals surface area contributed by atoms with Crippen LogP contribution in [-0.2, 0) is 19.6 Å². The minimum Gasteiger partial charge on any atom is -0.480 e. The Balaban J connectivity index is 1.72. The van der Waals surface area contributed by atoms with Gasteiger partial charge in [0.1, 0.15) is 16.7 Å². The van der Waals surface area contributed by atoms with Gasteiger partial charge in [-0.05, 0) is 49.2 Å². The van der Waals surface area contributed by atoms with Gasteiger partial charge in [0.25, 0.3) is 0 Å². The highest BCUT2D eigenvalue weighted by Crippen LogP contribution is 2.32. The van der Waals surface area contributed by atoms with E-state index in [2.05, 4.69) is 10.1 Å². The maximum absolute atomic E-state index is 13.0. The zero-order chi connectivity index (χ0) is 24.4. The minimum absolute atomic E-state index is 0.0363. The van der Waals surface area contributed by atoms with Crippen LogP contribution in [0.1, 0.15) is 12.8 Å². The second-order valence-electron chi connectivity index (χ2n) is 7.18. The van der Waals surface area contributed by atoms with Crippen LogP contribution in [0.4, 0.5) is 18.9 Å². The summed E-state index contributed by atoms with van der Waals surface area (Å²) in [5, 5.41) is 12.1. The fraction of sp³-hybridized carbons (Fsp3) is 0.300. The van der Waals surface area contributed by atoms with Crippen LogP contribution in [0.15, 0.2) is 53.4 Å². The number of carbonyl (C=O) groups is 2. The normalized spacial score (nSPS) is 19.6. The molecule has 0 spiro atoms. The first kappa shape index (κ1) is 24.8. The number of aliphatic carboxylic acids is 1. The van der Waals surface area contributed by atoms with Crippen molar-refractivity contribution < 1.29 is 41.0 Å². The number of hydrogen-bond donors (Lipinski definition) is 2. The number of carboxylic acid groups (broad SMARTS) is 1. The van der Waals surface area contributed by atoms with Crippen molar-refractivity contribution in [2.75, 3.05) is 11.9 Å². The second-order valence-corrected chi connectivity index (χ2v) is 9.45. The number of amides is 1. The molecule has 1 aliphatic rings.